The highest BCUT2D eigenvalue weighted by Crippen LogP contribution is 2.30. The average molecular weight is 334 g/mol. The molecule has 3 heterocycles. The van der Waals surface area contributed by atoms with Gasteiger partial charge in [0.25, 0.3) is 0 Å². The molecule has 6 nitrogen and oxygen atoms in total. The highest BCUT2D eigenvalue weighted by atomic mass is 19.1. The molecule has 4 rings (SSSR count). The van der Waals surface area contributed by atoms with Crippen LogP contribution in [0.2, 0.25) is 0 Å². The molecule has 1 atom stereocenters. The molecule has 1 unspecified atom stereocenters. The minimum atomic E-state index is -0.402. The average Bonchev–Trinajstić information content (AvgIpc) is 2.88. The second-order valence-electron chi connectivity index (χ2n) is 6.82. The van der Waals surface area contributed by atoms with Gasteiger partial charge < -0.3 is 15.2 Å². The van der Waals surface area contributed by atoms with Gasteiger partial charge in [-0.25, -0.2) is 4.39 Å². The summed E-state index contributed by atoms with van der Waals surface area (Å²) in [4.78, 5) is 2.51. The maximum atomic E-state index is 14.2. The number of nitrogen functional groups attached to an aromatic ring is 1. The van der Waals surface area contributed by atoms with E-state index in [1.165, 1.54) is 6.07 Å². The Morgan fingerprint density at radius 2 is 2.12 bits per heavy atom. The van der Waals surface area contributed by atoms with Crippen LogP contribution in [0, 0.1) is 11.7 Å². The van der Waals surface area contributed by atoms with Gasteiger partial charge in [0.1, 0.15) is 11.6 Å². The number of anilines is 1. The lowest BCUT2D eigenvalue weighted by Crippen LogP contribution is -2.52. The van der Waals surface area contributed by atoms with E-state index in [-0.39, 0.29) is 11.9 Å². The SMILES string of the molecule is CC(Oc1cc(F)c2c(N)n[nH]c2c1)C1CCN(C2COC2)CC1. The Kier molecular flexibility index (Phi) is 4.05. The van der Waals surface area contributed by atoms with Crippen LogP contribution in [-0.4, -0.2) is 53.5 Å². The Balaban J connectivity index is 1.40. The van der Waals surface area contributed by atoms with Crippen molar-refractivity contribution in [3.8, 4) is 5.75 Å². The Bertz CT molecular complexity index is 723. The van der Waals surface area contributed by atoms with Crippen LogP contribution in [0.1, 0.15) is 19.8 Å². The fourth-order valence-electron chi connectivity index (χ4n) is 3.67. The molecule has 0 radical (unpaired) electrons. The van der Waals surface area contributed by atoms with Gasteiger partial charge in [-0.3, -0.25) is 10.00 Å². The van der Waals surface area contributed by atoms with Crippen LogP contribution in [0.4, 0.5) is 10.2 Å². The third-order valence-electron chi connectivity index (χ3n) is 5.31. The molecule has 1 aromatic carbocycles. The standard InChI is InChI=1S/C17H23FN4O2/c1-10(11-2-4-22(5-3-11)12-8-23-9-12)24-13-6-14(18)16-15(7-13)20-21-17(16)19/h6-7,10-12H,2-5,8-9H2,1H3,(H3,19,20,21). The number of hydrogen-bond acceptors (Lipinski definition) is 5. The molecule has 2 aliphatic rings. The smallest absolute Gasteiger partial charge is 0.156 e. The van der Waals surface area contributed by atoms with Crippen LogP contribution >= 0.6 is 0 Å². The summed E-state index contributed by atoms with van der Waals surface area (Å²) >= 11 is 0. The lowest BCUT2D eigenvalue weighted by Gasteiger charge is -2.42. The number of likely N-dealkylation sites (tertiary alicyclic amines) is 1. The molecule has 2 aromatic rings. The minimum Gasteiger partial charge on any atom is -0.490 e. The summed E-state index contributed by atoms with van der Waals surface area (Å²) in [5.41, 5.74) is 6.23. The number of nitrogens with two attached hydrogens (primary N) is 1. The molecule has 1 aromatic heterocycles. The van der Waals surface area contributed by atoms with Crippen LogP contribution in [0.3, 0.4) is 0 Å². The maximum absolute atomic E-state index is 14.2. The van der Waals surface area contributed by atoms with E-state index in [4.69, 9.17) is 15.2 Å². The highest BCUT2D eigenvalue weighted by molar-refractivity contribution is 5.90. The number of halogens is 1. The first-order chi connectivity index (χ1) is 11.6. The number of aromatic amines is 1. The minimum absolute atomic E-state index is 0.0434. The lowest BCUT2D eigenvalue weighted by atomic mass is 9.91. The van der Waals surface area contributed by atoms with Crippen molar-refractivity contribution in [1.82, 2.24) is 15.1 Å². The molecule has 0 bridgehead atoms. The molecule has 3 N–H and O–H groups in total. The van der Waals surface area contributed by atoms with Gasteiger partial charge in [-0.2, -0.15) is 5.10 Å². The lowest BCUT2D eigenvalue weighted by molar-refractivity contribution is -0.0775. The van der Waals surface area contributed by atoms with Crippen molar-refractivity contribution in [3.05, 3.63) is 17.9 Å². The zero-order valence-corrected chi connectivity index (χ0v) is 13.8. The molecular weight excluding hydrogens is 311 g/mol. The summed E-state index contributed by atoms with van der Waals surface area (Å²) in [5, 5.41) is 6.91. The van der Waals surface area contributed by atoms with E-state index in [0.717, 1.165) is 39.1 Å². The summed E-state index contributed by atoms with van der Waals surface area (Å²) in [7, 11) is 0. The van der Waals surface area contributed by atoms with E-state index < -0.39 is 5.82 Å². The molecule has 7 heteroatoms. The first-order valence-corrected chi connectivity index (χ1v) is 8.53. The van der Waals surface area contributed by atoms with Gasteiger partial charge in [-0.1, -0.05) is 0 Å². The van der Waals surface area contributed by atoms with Crippen LogP contribution in [0.25, 0.3) is 10.9 Å². The van der Waals surface area contributed by atoms with Gasteiger partial charge in [0.15, 0.2) is 5.82 Å². The monoisotopic (exact) mass is 334 g/mol. The highest BCUT2D eigenvalue weighted by Gasteiger charge is 2.32. The van der Waals surface area contributed by atoms with Gasteiger partial charge in [0, 0.05) is 12.1 Å². The summed E-state index contributed by atoms with van der Waals surface area (Å²) in [5.74, 6) is 0.772. The first kappa shape index (κ1) is 15.7. The largest absolute Gasteiger partial charge is 0.490 e. The number of benzene rings is 1. The molecule has 0 spiro atoms. The first-order valence-electron chi connectivity index (χ1n) is 8.53. The van der Waals surface area contributed by atoms with Crippen LogP contribution in [0.5, 0.6) is 5.75 Å². The topological polar surface area (TPSA) is 76.4 Å². The molecule has 0 aliphatic carbocycles. The molecular formula is C17H23FN4O2. The number of hydrogen-bond donors (Lipinski definition) is 2. The summed E-state index contributed by atoms with van der Waals surface area (Å²) in [6, 6.07) is 3.76. The van der Waals surface area contributed by atoms with Gasteiger partial charge in [0.05, 0.1) is 36.3 Å². The summed E-state index contributed by atoms with van der Waals surface area (Å²) in [6.07, 6.45) is 2.24. The van der Waals surface area contributed by atoms with Crippen molar-refractivity contribution in [2.45, 2.75) is 31.9 Å². The molecule has 0 amide bonds. The molecule has 2 aliphatic heterocycles. The number of fused-ring (bicyclic) bond motifs is 1. The quantitative estimate of drug-likeness (QED) is 0.896. The summed E-state index contributed by atoms with van der Waals surface area (Å²) < 4.78 is 25.5. The predicted molar refractivity (Wildman–Crippen MR) is 89.5 cm³/mol. The van der Waals surface area contributed by atoms with Crippen LogP contribution in [-0.2, 0) is 4.74 Å². The molecule has 2 saturated heterocycles. The molecule has 0 saturated carbocycles. The number of rotatable bonds is 4. The fraction of sp³-hybridized carbons (Fsp3) is 0.588. The van der Waals surface area contributed by atoms with Gasteiger partial charge in [-0.15, -0.1) is 0 Å². The van der Waals surface area contributed by atoms with E-state index >= 15 is 0 Å². The summed E-state index contributed by atoms with van der Waals surface area (Å²) in [6.45, 7) is 5.95. The van der Waals surface area contributed by atoms with Crippen molar-refractivity contribution in [1.29, 1.82) is 0 Å². The number of piperidine rings is 1. The van der Waals surface area contributed by atoms with Gasteiger partial charge in [-0.05, 0) is 38.8 Å². The van der Waals surface area contributed by atoms with E-state index in [1.807, 2.05) is 0 Å². The second-order valence-corrected chi connectivity index (χ2v) is 6.82. The zero-order valence-electron chi connectivity index (χ0n) is 13.8. The van der Waals surface area contributed by atoms with Gasteiger partial charge >= 0.3 is 0 Å². The Morgan fingerprint density at radius 1 is 1.38 bits per heavy atom. The van der Waals surface area contributed by atoms with Crippen molar-refractivity contribution in [3.63, 3.8) is 0 Å². The van der Waals surface area contributed by atoms with Crippen LogP contribution < -0.4 is 10.5 Å². The number of H-pyrrole nitrogens is 1. The number of aromatic nitrogens is 2. The Labute approximate surface area is 140 Å². The fourth-order valence-corrected chi connectivity index (χ4v) is 3.67. The van der Waals surface area contributed by atoms with E-state index in [1.54, 1.807) is 6.07 Å². The Hall–Kier alpha value is -1.86. The zero-order chi connectivity index (χ0) is 16.7. The van der Waals surface area contributed by atoms with Crippen molar-refractivity contribution in [2.75, 3.05) is 32.0 Å². The molecule has 130 valence electrons. The maximum Gasteiger partial charge on any atom is 0.156 e. The third kappa shape index (κ3) is 2.82. The predicted octanol–water partition coefficient (Wildman–Crippen LogP) is 2.16. The number of ether oxygens (including phenoxy) is 2. The van der Waals surface area contributed by atoms with Crippen molar-refractivity contribution < 1.29 is 13.9 Å². The number of nitrogens with zero attached hydrogens (tertiary/aromatic N) is 2. The van der Waals surface area contributed by atoms with Crippen LogP contribution in [0.15, 0.2) is 12.1 Å². The van der Waals surface area contributed by atoms with Crippen molar-refractivity contribution in [2.24, 2.45) is 5.92 Å². The van der Waals surface area contributed by atoms with Crippen molar-refractivity contribution >= 4 is 16.7 Å². The molecule has 24 heavy (non-hydrogen) atoms. The van der Waals surface area contributed by atoms with E-state index in [2.05, 4.69) is 22.0 Å². The van der Waals surface area contributed by atoms with E-state index in [9.17, 15) is 4.39 Å². The normalized spacial score (nSPS) is 21.8. The molecule has 2 fully saturated rings. The van der Waals surface area contributed by atoms with Gasteiger partial charge in [0.2, 0.25) is 0 Å². The third-order valence-corrected chi connectivity index (χ3v) is 5.31. The van der Waals surface area contributed by atoms with E-state index in [0.29, 0.717) is 28.6 Å². The Morgan fingerprint density at radius 3 is 2.79 bits per heavy atom. The number of nitrogens with one attached hydrogen (secondary N) is 1. The second kappa shape index (κ2) is 6.22.